The predicted octanol–water partition coefficient (Wildman–Crippen LogP) is 1.47. The molecule has 0 aliphatic carbocycles. The number of nitrogens with zero attached hydrogens (tertiary/aromatic N) is 1. The van der Waals surface area contributed by atoms with E-state index in [4.69, 9.17) is 10.5 Å². The van der Waals surface area contributed by atoms with Crippen molar-refractivity contribution in [2.75, 3.05) is 33.8 Å². The van der Waals surface area contributed by atoms with Gasteiger partial charge in [-0.05, 0) is 26.4 Å². The maximum Gasteiger partial charge on any atom is 0.0705 e. The highest BCUT2D eigenvalue weighted by molar-refractivity contribution is 4.61. The van der Waals surface area contributed by atoms with Gasteiger partial charge in [-0.3, -0.25) is 0 Å². The third kappa shape index (κ3) is 7.30. The van der Waals surface area contributed by atoms with Crippen molar-refractivity contribution in [1.82, 2.24) is 4.90 Å². The molecule has 0 aromatic heterocycles. The summed E-state index contributed by atoms with van der Waals surface area (Å²) in [5, 5.41) is 0. The normalized spacial score (nSPS) is 13.5. The standard InChI is InChI=1S/C11H26N2O/c1-4-5-6-8-13(2)9-7-11(10-12)14-3/h11H,4-10,12H2,1-3H3. The second kappa shape index (κ2) is 9.44. The summed E-state index contributed by atoms with van der Waals surface area (Å²) in [6.45, 7) is 5.13. The fourth-order valence-electron chi connectivity index (χ4n) is 1.44. The van der Waals surface area contributed by atoms with E-state index in [-0.39, 0.29) is 6.10 Å². The molecule has 0 bridgehead atoms. The van der Waals surface area contributed by atoms with Crippen LogP contribution in [0.5, 0.6) is 0 Å². The summed E-state index contributed by atoms with van der Waals surface area (Å²) in [6.07, 6.45) is 5.18. The van der Waals surface area contributed by atoms with E-state index in [1.165, 1.54) is 25.8 Å². The lowest BCUT2D eigenvalue weighted by atomic mass is 10.2. The van der Waals surface area contributed by atoms with E-state index < -0.39 is 0 Å². The van der Waals surface area contributed by atoms with Crippen LogP contribution in [0.1, 0.15) is 32.6 Å². The zero-order valence-corrected chi connectivity index (χ0v) is 9.96. The summed E-state index contributed by atoms with van der Waals surface area (Å²) < 4.78 is 5.22. The molecular weight excluding hydrogens is 176 g/mol. The van der Waals surface area contributed by atoms with Crippen LogP contribution < -0.4 is 5.73 Å². The molecule has 1 atom stereocenters. The van der Waals surface area contributed by atoms with Crippen LogP contribution in [-0.2, 0) is 4.74 Å². The second-order valence-electron chi connectivity index (χ2n) is 3.89. The monoisotopic (exact) mass is 202 g/mol. The average molecular weight is 202 g/mol. The molecule has 0 fully saturated rings. The van der Waals surface area contributed by atoms with Gasteiger partial charge in [-0.2, -0.15) is 0 Å². The van der Waals surface area contributed by atoms with Crippen LogP contribution in [0.3, 0.4) is 0 Å². The van der Waals surface area contributed by atoms with E-state index in [0.29, 0.717) is 6.54 Å². The molecule has 0 rings (SSSR count). The Morgan fingerprint density at radius 3 is 2.50 bits per heavy atom. The average Bonchev–Trinajstić information content (AvgIpc) is 2.20. The first kappa shape index (κ1) is 13.9. The van der Waals surface area contributed by atoms with Gasteiger partial charge in [0.05, 0.1) is 6.10 Å². The number of methoxy groups -OCH3 is 1. The van der Waals surface area contributed by atoms with Crippen molar-refractivity contribution in [3.63, 3.8) is 0 Å². The fourth-order valence-corrected chi connectivity index (χ4v) is 1.44. The predicted molar refractivity (Wildman–Crippen MR) is 61.5 cm³/mol. The van der Waals surface area contributed by atoms with Crippen LogP contribution >= 0.6 is 0 Å². The Morgan fingerprint density at radius 1 is 1.29 bits per heavy atom. The molecule has 0 spiro atoms. The second-order valence-corrected chi connectivity index (χ2v) is 3.89. The highest BCUT2D eigenvalue weighted by Gasteiger charge is 2.05. The van der Waals surface area contributed by atoms with Gasteiger partial charge in [0.1, 0.15) is 0 Å². The summed E-state index contributed by atoms with van der Waals surface area (Å²) in [5.74, 6) is 0. The van der Waals surface area contributed by atoms with Crippen LogP contribution in [-0.4, -0.2) is 44.8 Å². The third-order valence-corrected chi connectivity index (χ3v) is 2.57. The SMILES string of the molecule is CCCCCN(C)CCC(CN)OC. The fraction of sp³-hybridized carbons (Fsp3) is 1.00. The van der Waals surface area contributed by atoms with Gasteiger partial charge >= 0.3 is 0 Å². The minimum Gasteiger partial charge on any atom is -0.380 e. The lowest BCUT2D eigenvalue weighted by molar-refractivity contribution is 0.0924. The number of hydrogen-bond acceptors (Lipinski definition) is 3. The van der Waals surface area contributed by atoms with Gasteiger partial charge in [0.2, 0.25) is 0 Å². The molecule has 0 aromatic rings. The van der Waals surface area contributed by atoms with Crippen LogP contribution in [0, 0.1) is 0 Å². The first-order chi connectivity index (χ1) is 6.74. The van der Waals surface area contributed by atoms with Crippen molar-refractivity contribution in [2.24, 2.45) is 5.73 Å². The minimum absolute atomic E-state index is 0.226. The van der Waals surface area contributed by atoms with E-state index >= 15 is 0 Å². The molecule has 3 nitrogen and oxygen atoms in total. The molecular formula is C11H26N2O. The highest BCUT2D eigenvalue weighted by Crippen LogP contribution is 2.00. The Balaban J connectivity index is 3.37. The first-order valence-electron chi connectivity index (χ1n) is 5.66. The Labute approximate surface area is 88.6 Å². The Hall–Kier alpha value is -0.120. The van der Waals surface area contributed by atoms with Crippen LogP contribution in [0.2, 0.25) is 0 Å². The van der Waals surface area contributed by atoms with Crippen molar-refractivity contribution >= 4 is 0 Å². The molecule has 86 valence electrons. The highest BCUT2D eigenvalue weighted by atomic mass is 16.5. The quantitative estimate of drug-likeness (QED) is 0.575. The summed E-state index contributed by atoms with van der Waals surface area (Å²) in [6, 6.07) is 0. The number of ether oxygens (including phenoxy) is 1. The zero-order valence-electron chi connectivity index (χ0n) is 9.96. The Morgan fingerprint density at radius 2 is 2.00 bits per heavy atom. The summed E-state index contributed by atoms with van der Waals surface area (Å²) in [7, 11) is 3.90. The number of nitrogens with two attached hydrogens (primary N) is 1. The molecule has 0 radical (unpaired) electrons. The van der Waals surface area contributed by atoms with Gasteiger partial charge < -0.3 is 15.4 Å². The largest absolute Gasteiger partial charge is 0.380 e. The molecule has 0 saturated carbocycles. The number of hydrogen-bond donors (Lipinski definition) is 1. The van der Waals surface area contributed by atoms with Gasteiger partial charge in [0.15, 0.2) is 0 Å². The number of rotatable bonds is 9. The molecule has 2 N–H and O–H groups in total. The maximum absolute atomic E-state index is 5.55. The molecule has 0 heterocycles. The molecule has 3 heteroatoms. The third-order valence-electron chi connectivity index (χ3n) is 2.57. The van der Waals surface area contributed by atoms with E-state index in [2.05, 4.69) is 18.9 Å². The number of unbranched alkanes of at least 4 members (excludes halogenated alkanes) is 2. The van der Waals surface area contributed by atoms with Gasteiger partial charge in [-0.25, -0.2) is 0 Å². The van der Waals surface area contributed by atoms with Gasteiger partial charge in [0, 0.05) is 20.2 Å². The van der Waals surface area contributed by atoms with Crippen molar-refractivity contribution in [1.29, 1.82) is 0 Å². The Kier molecular flexibility index (Phi) is 9.35. The van der Waals surface area contributed by atoms with Crippen LogP contribution in [0.4, 0.5) is 0 Å². The van der Waals surface area contributed by atoms with Crippen LogP contribution in [0.25, 0.3) is 0 Å². The summed E-state index contributed by atoms with van der Waals surface area (Å²) in [4.78, 5) is 2.36. The molecule has 1 unspecified atom stereocenters. The molecule has 0 aliphatic rings. The van der Waals surface area contributed by atoms with E-state index in [1.807, 2.05) is 0 Å². The van der Waals surface area contributed by atoms with Crippen molar-refractivity contribution in [3.05, 3.63) is 0 Å². The Bertz CT molecular complexity index is 116. The molecule has 0 aliphatic heterocycles. The smallest absolute Gasteiger partial charge is 0.0705 e. The van der Waals surface area contributed by atoms with Gasteiger partial charge in [-0.15, -0.1) is 0 Å². The van der Waals surface area contributed by atoms with Crippen molar-refractivity contribution in [3.8, 4) is 0 Å². The molecule has 0 amide bonds. The molecule has 0 saturated heterocycles. The van der Waals surface area contributed by atoms with Gasteiger partial charge in [0.25, 0.3) is 0 Å². The summed E-state index contributed by atoms with van der Waals surface area (Å²) >= 11 is 0. The van der Waals surface area contributed by atoms with Crippen LogP contribution in [0.15, 0.2) is 0 Å². The first-order valence-corrected chi connectivity index (χ1v) is 5.66. The topological polar surface area (TPSA) is 38.5 Å². The van der Waals surface area contributed by atoms with Gasteiger partial charge in [-0.1, -0.05) is 19.8 Å². The molecule has 14 heavy (non-hydrogen) atoms. The van der Waals surface area contributed by atoms with Crippen molar-refractivity contribution in [2.45, 2.75) is 38.7 Å². The van der Waals surface area contributed by atoms with Crippen molar-refractivity contribution < 1.29 is 4.74 Å². The summed E-state index contributed by atoms with van der Waals surface area (Å²) in [5.41, 5.74) is 5.55. The zero-order chi connectivity index (χ0) is 10.8. The lowest BCUT2D eigenvalue weighted by Crippen LogP contribution is -2.29. The van der Waals surface area contributed by atoms with E-state index in [0.717, 1.165) is 13.0 Å². The molecule has 0 aromatic carbocycles. The minimum atomic E-state index is 0.226. The van der Waals surface area contributed by atoms with E-state index in [1.54, 1.807) is 7.11 Å². The maximum atomic E-state index is 5.55. The lowest BCUT2D eigenvalue weighted by Gasteiger charge is -2.19. The van der Waals surface area contributed by atoms with E-state index in [9.17, 15) is 0 Å².